The van der Waals surface area contributed by atoms with Crippen LogP contribution in [0.25, 0.3) is 22.2 Å². The number of rotatable bonds is 6. The Hall–Kier alpha value is -4.35. The number of carbonyl (C=O) groups excluding carboxylic acids is 2. The first-order chi connectivity index (χ1) is 18.4. The van der Waals surface area contributed by atoms with Crippen LogP contribution in [0.4, 0.5) is 8.78 Å². The van der Waals surface area contributed by atoms with Gasteiger partial charge in [0.15, 0.2) is 5.82 Å². The molecule has 6 rings (SSSR count). The van der Waals surface area contributed by atoms with Crippen LogP contribution >= 0.6 is 0 Å². The summed E-state index contributed by atoms with van der Waals surface area (Å²) in [6.07, 6.45) is 3.79. The molecule has 0 aliphatic carbocycles. The predicted octanol–water partition coefficient (Wildman–Crippen LogP) is 3.33. The molecule has 2 saturated heterocycles. The molecule has 2 atom stereocenters. The van der Waals surface area contributed by atoms with Crippen LogP contribution < -0.4 is 10.1 Å². The third kappa shape index (κ3) is 4.25. The molecule has 4 aromatic rings. The highest BCUT2D eigenvalue weighted by atomic mass is 19.1. The summed E-state index contributed by atoms with van der Waals surface area (Å²) in [5.41, 5.74) is 2.03. The van der Waals surface area contributed by atoms with Gasteiger partial charge in [-0.05, 0) is 49.4 Å². The maximum atomic E-state index is 14.3. The van der Waals surface area contributed by atoms with Crippen molar-refractivity contribution in [2.45, 2.75) is 44.3 Å². The van der Waals surface area contributed by atoms with Crippen LogP contribution in [0.5, 0.6) is 5.88 Å². The first-order valence-electron chi connectivity index (χ1n) is 12.4. The van der Waals surface area contributed by atoms with E-state index < -0.39 is 11.8 Å². The minimum atomic E-state index is -0.571. The summed E-state index contributed by atoms with van der Waals surface area (Å²) in [4.78, 5) is 32.0. The van der Waals surface area contributed by atoms with Crippen LogP contribution in [0, 0.1) is 17.7 Å². The third-order valence-corrected chi connectivity index (χ3v) is 7.50. The van der Waals surface area contributed by atoms with Crippen molar-refractivity contribution in [2.75, 3.05) is 7.11 Å². The van der Waals surface area contributed by atoms with E-state index in [4.69, 9.17) is 4.74 Å². The molecule has 0 saturated carbocycles. The Bertz CT molecular complexity index is 1520. The number of aromatic nitrogens is 5. The Labute approximate surface area is 215 Å². The van der Waals surface area contributed by atoms with Crippen molar-refractivity contribution < 1.29 is 23.1 Å². The van der Waals surface area contributed by atoms with Gasteiger partial charge < -0.3 is 15.0 Å². The number of hydrogen-bond donors (Lipinski definition) is 3. The maximum absolute atomic E-state index is 14.3. The number of hydrogen-bond acceptors (Lipinski definition) is 6. The molecule has 12 heteroatoms. The Morgan fingerprint density at radius 2 is 1.89 bits per heavy atom. The van der Waals surface area contributed by atoms with Gasteiger partial charge in [-0.1, -0.05) is 6.07 Å². The monoisotopic (exact) mass is 521 g/mol. The highest BCUT2D eigenvalue weighted by Gasteiger charge is 2.45. The van der Waals surface area contributed by atoms with Gasteiger partial charge in [0.1, 0.15) is 5.69 Å². The number of ether oxygens (including phenoxy) is 1. The number of carbonyl (C=O) groups is 2. The molecule has 2 aliphatic heterocycles. The summed E-state index contributed by atoms with van der Waals surface area (Å²) in [7, 11) is 1.43. The average molecular weight is 522 g/mol. The second-order valence-electron chi connectivity index (χ2n) is 9.75. The fourth-order valence-electron chi connectivity index (χ4n) is 5.63. The molecule has 2 fully saturated rings. The van der Waals surface area contributed by atoms with Crippen molar-refractivity contribution in [3.8, 4) is 17.1 Å². The van der Waals surface area contributed by atoms with E-state index in [0.717, 1.165) is 24.6 Å². The van der Waals surface area contributed by atoms with Crippen molar-refractivity contribution in [3.05, 3.63) is 59.6 Å². The van der Waals surface area contributed by atoms with Crippen LogP contribution in [-0.4, -0.2) is 61.3 Å². The maximum Gasteiger partial charge on any atom is 0.272 e. The lowest BCUT2D eigenvalue weighted by atomic mass is 9.89. The average Bonchev–Trinajstić information content (AvgIpc) is 3.63. The second-order valence-corrected chi connectivity index (χ2v) is 9.75. The van der Waals surface area contributed by atoms with Gasteiger partial charge in [-0.15, -0.1) is 0 Å². The van der Waals surface area contributed by atoms with Crippen molar-refractivity contribution in [3.63, 3.8) is 0 Å². The summed E-state index contributed by atoms with van der Waals surface area (Å²) < 4.78 is 33.2. The molecule has 0 spiro atoms. The van der Waals surface area contributed by atoms with E-state index in [9.17, 15) is 18.4 Å². The number of amides is 2. The Kier molecular flexibility index (Phi) is 6.01. The fourth-order valence-corrected chi connectivity index (χ4v) is 5.63. The van der Waals surface area contributed by atoms with Crippen molar-refractivity contribution in [1.29, 1.82) is 0 Å². The number of H-pyrrole nitrogens is 2. The van der Waals surface area contributed by atoms with Gasteiger partial charge in [0.05, 0.1) is 29.9 Å². The molecule has 38 heavy (non-hydrogen) atoms. The minimum Gasteiger partial charge on any atom is -0.481 e. The molecule has 5 heterocycles. The Morgan fingerprint density at radius 1 is 1.11 bits per heavy atom. The van der Waals surface area contributed by atoms with E-state index in [2.05, 4.69) is 30.7 Å². The number of benzene rings is 1. The lowest BCUT2D eigenvalue weighted by molar-refractivity contribution is -0.127. The largest absolute Gasteiger partial charge is 0.481 e. The third-order valence-electron chi connectivity index (χ3n) is 7.50. The first-order valence-corrected chi connectivity index (χ1v) is 12.4. The van der Waals surface area contributed by atoms with Crippen LogP contribution in [0.2, 0.25) is 0 Å². The number of piperidine rings is 1. The number of pyridine rings is 1. The molecule has 196 valence electrons. The van der Waals surface area contributed by atoms with Crippen LogP contribution in [-0.2, 0) is 11.3 Å². The SMILES string of the molecule is COc1cc(-c2cc(C(=O)N3C4CCC3CC(C(=O)NCc3ccc5n[nH]c(F)c5c3)C4)[nH]n2)c(F)cn1. The zero-order valence-corrected chi connectivity index (χ0v) is 20.5. The number of nitrogens with zero attached hydrogens (tertiary/aromatic N) is 4. The van der Waals surface area contributed by atoms with E-state index in [1.165, 1.54) is 19.2 Å². The summed E-state index contributed by atoms with van der Waals surface area (Å²) in [5, 5.41) is 16.4. The van der Waals surface area contributed by atoms with Crippen molar-refractivity contribution >= 4 is 22.7 Å². The molecule has 2 amide bonds. The van der Waals surface area contributed by atoms with Gasteiger partial charge in [-0.25, -0.2) is 9.37 Å². The predicted molar refractivity (Wildman–Crippen MR) is 132 cm³/mol. The van der Waals surface area contributed by atoms with Crippen LogP contribution in [0.3, 0.4) is 0 Å². The van der Waals surface area contributed by atoms with Crippen molar-refractivity contribution in [2.24, 2.45) is 5.92 Å². The lowest BCUT2D eigenvalue weighted by Gasteiger charge is -2.38. The van der Waals surface area contributed by atoms with Crippen molar-refractivity contribution in [1.82, 2.24) is 35.6 Å². The Morgan fingerprint density at radius 3 is 2.66 bits per heavy atom. The smallest absolute Gasteiger partial charge is 0.272 e. The van der Waals surface area contributed by atoms with E-state index in [-0.39, 0.29) is 59.2 Å². The summed E-state index contributed by atoms with van der Waals surface area (Å²) in [6.45, 7) is 0.279. The topological polar surface area (TPSA) is 129 Å². The fraction of sp³-hybridized carbons (Fsp3) is 0.346. The van der Waals surface area contributed by atoms with E-state index in [1.807, 2.05) is 4.90 Å². The minimum absolute atomic E-state index is 0.0714. The molecular weight excluding hydrogens is 496 g/mol. The number of nitrogens with one attached hydrogen (secondary N) is 3. The van der Waals surface area contributed by atoms with Gasteiger partial charge in [0.25, 0.3) is 5.91 Å². The van der Waals surface area contributed by atoms with Crippen LogP contribution in [0.1, 0.15) is 41.7 Å². The second kappa shape index (κ2) is 9.51. The first kappa shape index (κ1) is 24.0. The van der Waals surface area contributed by atoms with E-state index in [1.54, 1.807) is 18.2 Å². The summed E-state index contributed by atoms with van der Waals surface area (Å²) in [6, 6.07) is 8.00. The normalized spacial score (nSPS) is 20.6. The van der Waals surface area contributed by atoms with Gasteiger partial charge in [-0.2, -0.15) is 14.6 Å². The molecule has 3 aromatic heterocycles. The van der Waals surface area contributed by atoms with Gasteiger partial charge in [-0.3, -0.25) is 19.8 Å². The number of methoxy groups -OCH3 is 1. The zero-order valence-electron chi connectivity index (χ0n) is 20.5. The summed E-state index contributed by atoms with van der Waals surface area (Å²) in [5.74, 6) is -1.35. The lowest BCUT2D eigenvalue weighted by Crippen LogP contribution is -2.49. The molecule has 1 aromatic carbocycles. The molecule has 0 radical (unpaired) electrons. The molecule has 2 bridgehead atoms. The van der Waals surface area contributed by atoms with Gasteiger partial charge >= 0.3 is 0 Å². The van der Waals surface area contributed by atoms with Gasteiger partial charge in [0, 0.05) is 36.2 Å². The quantitative estimate of drug-likeness (QED) is 0.357. The number of fused-ring (bicyclic) bond motifs is 3. The zero-order chi connectivity index (χ0) is 26.4. The molecule has 3 N–H and O–H groups in total. The highest BCUT2D eigenvalue weighted by Crippen LogP contribution is 2.40. The van der Waals surface area contributed by atoms with E-state index >= 15 is 0 Å². The Balaban J connectivity index is 1.11. The summed E-state index contributed by atoms with van der Waals surface area (Å²) >= 11 is 0. The molecule has 10 nitrogen and oxygen atoms in total. The van der Waals surface area contributed by atoms with E-state index in [0.29, 0.717) is 23.7 Å². The highest BCUT2D eigenvalue weighted by molar-refractivity contribution is 5.94. The number of halogens is 2. The standard InChI is InChI=1S/C26H25F2N7O3/c1-38-23-9-17(19(27)12-29-23)21-10-22(33-32-21)26(37)35-15-3-4-16(35)8-14(7-15)25(36)30-11-13-2-5-20-18(6-13)24(28)34-31-20/h2,5-6,9-10,12,14-16H,3-4,7-8,11H2,1H3,(H,30,36)(H,31,34)(H,32,33). The molecular formula is C26H25F2N7O3. The molecule has 2 unspecified atom stereocenters. The van der Waals surface area contributed by atoms with Crippen LogP contribution in [0.15, 0.2) is 36.5 Å². The van der Waals surface area contributed by atoms with Gasteiger partial charge in [0.2, 0.25) is 17.7 Å². The number of aromatic amines is 2. The molecule has 2 aliphatic rings.